The number of nitrogens with zero attached hydrogens (tertiary/aromatic N) is 1. The Morgan fingerprint density at radius 1 is 0.818 bits per heavy atom. The average molecular weight is 454 g/mol. The Bertz CT molecular complexity index is 1300. The van der Waals surface area contributed by atoms with Crippen molar-refractivity contribution < 1.29 is 9.59 Å². The lowest BCUT2D eigenvalue weighted by molar-refractivity contribution is -0.119. The number of carbonyl (C=O) groups is 2. The second-order valence-electron chi connectivity index (χ2n) is 7.59. The number of amides is 2. The molecule has 0 radical (unpaired) electrons. The molecule has 5 nitrogen and oxygen atoms in total. The van der Waals surface area contributed by atoms with Crippen molar-refractivity contribution in [2.75, 3.05) is 17.3 Å². The summed E-state index contributed by atoms with van der Waals surface area (Å²) in [6, 6.07) is 30.3. The lowest BCUT2D eigenvalue weighted by atomic mass is 10.0. The first-order chi connectivity index (χ1) is 16.0. The van der Waals surface area contributed by atoms with Gasteiger partial charge in [-0.1, -0.05) is 60.7 Å². The van der Waals surface area contributed by atoms with E-state index in [0.29, 0.717) is 11.3 Å². The van der Waals surface area contributed by atoms with E-state index in [9.17, 15) is 9.59 Å². The largest absolute Gasteiger partial charge is 0.332 e. The molecule has 0 fully saturated rings. The van der Waals surface area contributed by atoms with Gasteiger partial charge in [0.05, 0.1) is 6.42 Å². The second kappa shape index (κ2) is 10.1. The Balaban J connectivity index is 1.35. The Morgan fingerprint density at radius 2 is 1.48 bits per heavy atom. The Morgan fingerprint density at radius 3 is 2.24 bits per heavy atom. The maximum absolute atomic E-state index is 12.7. The quantitative estimate of drug-likeness (QED) is 0.409. The van der Waals surface area contributed by atoms with Gasteiger partial charge in [0.1, 0.15) is 0 Å². The molecular weight excluding hydrogens is 430 g/mol. The molecule has 2 amide bonds. The van der Waals surface area contributed by atoms with Crippen LogP contribution in [0.1, 0.15) is 15.9 Å². The van der Waals surface area contributed by atoms with Crippen LogP contribution in [0.2, 0.25) is 0 Å². The standard InChI is InChI=1S/C27H23N3O2S/c1-30(23-11-3-2-4-12-23)26(32)20-14-16-22(17-15-20)28-27(33)29-25(31)18-21-10-7-9-19-8-5-6-13-24(19)21/h2-17H,18H2,1H3,(H2,28,29,31,33). The maximum Gasteiger partial charge on any atom is 0.258 e. The van der Waals surface area contributed by atoms with E-state index in [2.05, 4.69) is 10.6 Å². The van der Waals surface area contributed by atoms with Crippen LogP contribution in [0.4, 0.5) is 11.4 Å². The molecule has 4 rings (SSSR count). The van der Waals surface area contributed by atoms with Crippen LogP contribution in [0.25, 0.3) is 10.8 Å². The zero-order valence-corrected chi connectivity index (χ0v) is 18.9. The molecule has 0 unspecified atom stereocenters. The van der Waals surface area contributed by atoms with Crippen molar-refractivity contribution in [1.29, 1.82) is 0 Å². The van der Waals surface area contributed by atoms with Gasteiger partial charge >= 0.3 is 0 Å². The van der Waals surface area contributed by atoms with Crippen molar-refractivity contribution in [3.63, 3.8) is 0 Å². The number of carbonyl (C=O) groups excluding carboxylic acids is 2. The van der Waals surface area contributed by atoms with Crippen LogP contribution in [-0.2, 0) is 11.2 Å². The molecule has 4 aromatic rings. The second-order valence-corrected chi connectivity index (χ2v) is 8.00. The minimum atomic E-state index is -0.194. The summed E-state index contributed by atoms with van der Waals surface area (Å²) in [6.07, 6.45) is 0.225. The molecular formula is C27H23N3O2S. The highest BCUT2D eigenvalue weighted by Crippen LogP contribution is 2.19. The third-order valence-corrected chi connectivity index (χ3v) is 5.53. The van der Waals surface area contributed by atoms with Gasteiger partial charge in [-0.15, -0.1) is 0 Å². The monoisotopic (exact) mass is 453 g/mol. The van der Waals surface area contributed by atoms with Gasteiger partial charge in [-0.2, -0.15) is 0 Å². The SMILES string of the molecule is CN(C(=O)c1ccc(NC(=S)NC(=O)Cc2cccc3ccccc23)cc1)c1ccccc1. The molecule has 33 heavy (non-hydrogen) atoms. The maximum atomic E-state index is 12.7. The van der Waals surface area contributed by atoms with Crippen molar-refractivity contribution >= 4 is 51.3 Å². The summed E-state index contributed by atoms with van der Waals surface area (Å²) in [6.45, 7) is 0. The molecule has 2 N–H and O–H groups in total. The number of para-hydroxylation sites is 1. The fourth-order valence-electron chi connectivity index (χ4n) is 3.61. The first kappa shape index (κ1) is 22.2. The first-order valence-corrected chi connectivity index (χ1v) is 10.9. The number of hydrogen-bond donors (Lipinski definition) is 2. The first-order valence-electron chi connectivity index (χ1n) is 10.5. The van der Waals surface area contributed by atoms with Crippen LogP contribution < -0.4 is 15.5 Å². The van der Waals surface area contributed by atoms with E-state index in [4.69, 9.17) is 12.2 Å². The van der Waals surface area contributed by atoms with Crippen molar-refractivity contribution in [3.05, 3.63) is 108 Å². The van der Waals surface area contributed by atoms with Crippen molar-refractivity contribution in [3.8, 4) is 0 Å². The summed E-state index contributed by atoms with van der Waals surface area (Å²) >= 11 is 5.30. The predicted octanol–water partition coefficient (Wildman–Crippen LogP) is 5.17. The van der Waals surface area contributed by atoms with Gasteiger partial charge < -0.3 is 15.5 Å². The van der Waals surface area contributed by atoms with Crippen LogP contribution in [0.3, 0.4) is 0 Å². The minimum absolute atomic E-state index is 0.112. The Hall–Kier alpha value is -4.03. The zero-order chi connectivity index (χ0) is 23.2. The van der Waals surface area contributed by atoms with Crippen LogP contribution in [-0.4, -0.2) is 24.0 Å². The van der Waals surface area contributed by atoms with E-state index in [0.717, 1.165) is 22.0 Å². The number of hydrogen-bond acceptors (Lipinski definition) is 3. The lowest BCUT2D eigenvalue weighted by Crippen LogP contribution is -2.35. The van der Waals surface area contributed by atoms with Crippen molar-refractivity contribution in [2.45, 2.75) is 6.42 Å². The van der Waals surface area contributed by atoms with Crippen LogP contribution in [0, 0.1) is 0 Å². The molecule has 0 aliphatic carbocycles. The molecule has 0 atom stereocenters. The number of nitrogens with one attached hydrogen (secondary N) is 2. The van der Waals surface area contributed by atoms with E-state index in [1.165, 1.54) is 0 Å². The molecule has 0 spiro atoms. The lowest BCUT2D eigenvalue weighted by Gasteiger charge is -2.17. The van der Waals surface area contributed by atoms with Crippen LogP contribution >= 0.6 is 12.2 Å². The molecule has 0 saturated carbocycles. The summed E-state index contributed by atoms with van der Waals surface area (Å²) in [4.78, 5) is 26.8. The van der Waals surface area contributed by atoms with Gasteiger partial charge in [-0.25, -0.2) is 0 Å². The highest BCUT2D eigenvalue weighted by Gasteiger charge is 2.13. The van der Waals surface area contributed by atoms with E-state index in [1.54, 1.807) is 36.2 Å². The van der Waals surface area contributed by atoms with Gasteiger partial charge in [0.25, 0.3) is 5.91 Å². The molecule has 164 valence electrons. The van der Waals surface area contributed by atoms with Crippen molar-refractivity contribution in [1.82, 2.24) is 5.32 Å². The van der Waals surface area contributed by atoms with E-state index < -0.39 is 0 Å². The molecule has 6 heteroatoms. The summed E-state index contributed by atoms with van der Waals surface area (Å²) in [5.74, 6) is -0.307. The van der Waals surface area contributed by atoms with Crippen molar-refractivity contribution in [2.24, 2.45) is 0 Å². The third kappa shape index (κ3) is 5.42. The molecule has 0 aliphatic heterocycles. The fraction of sp³-hybridized carbons (Fsp3) is 0.0741. The number of fused-ring (bicyclic) bond motifs is 1. The van der Waals surface area contributed by atoms with E-state index in [1.807, 2.05) is 72.8 Å². The fourth-order valence-corrected chi connectivity index (χ4v) is 3.84. The summed E-state index contributed by atoms with van der Waals surface area (Å²) in [5, 5.41) is 8.08. The Kier molecular flexibility index (Phi) is 6.76. The number of thiocarbonyl (C=S) groups is 1. The summed E-state index contributed by atoms with van der Waals surface area (Å²) in [7, 11) is 1.74. The summed E-state index contributed by atoms with van der Waals surface area (Å²) in [5.41, 5.74) is 3.00. The van der Waals surface area contributed by atoms with Crippen LogP contribution in [0.15, 0.2) is 97.1 Å². The minimum Gasteiger partial charge on any atom is -0.332 e. The average Bonchev–Trinajstić information content (AvgIpc) is 2.84. The van der Waals surface area contributed by atoms with Gasteiger partial charge in [0, 0.05) is 24.0 Å². The van der Waals surface area contributed by atoms with E-state index >= 15 is 0 Å². The Labute approximate surface area is 198 Å². The number of anilines is 2. The van der Waals surface area contributed by atoms with Gasteiger partial charge in [0.2, 0.25) is 5.91 Å². The van der Waals surface area contributed by atoms with Gasteiger partial charge in [-0.3, -0.25) is 9.59 Å². The van der Waals surface area contributed by atoms with Crippen LogP contribution in [0.5, 0.6) is 0 Å². The highest BCUT2D eigenvalue weighted by atomic mass is 32.1. The van der Waals surface area contributed by atoms with E-state index in [-0.39, 0.29) is 23.3 Å². The molecule has 4 aromatic carbocycles. The number of rotatable bonds is 5. The zero-order valence-electron chi connectivity index (χ0n) is 18.1. The normalized spacial score (nSPS) is 10.5. The molecule has 0 bridgehead atoms. The highest BCUT2D eigenvalue weighted by molar-refractivity contribution is 7.80. The number of benzene rings is 4. The van der Waals surface area contributed by atoms with Gasteiger partial charge in [-0.05, 0) is 65.0 Å². The molecule has 0 aliphatic rings. The topological polar surface area (TPSA) is 61.4 Å². The smallest absolute Gasteiger partial charge is 0.258 e. The molecule has 0 aromatic heterocycles. The predicted molar refractivity (Wildman–Crippen MR) is 138 cm³/mol. The third-order valence-electron chi connectivity index (χ3n) is 5.32. The molecule has 0 saturated heterocycles. The molecule has 0 heterocycles. The summed E-state index contributed by atoms with van der Waals surface area (Å²) < 4.78 is 0. The van der Waals surface area contributed by atoms with Gasteiger partial charge in [0.15, 0.2) is 5.11 Å².